The number of amides is 1. The van der Waals surface area contributed by atoms with Crippen molar-refractivity contribution < 1.29 is 14.3 Å². The number of benzene rings is 3. The van der Waals surface area contributed by atoms with Crippen LogP contribution in [0.2, 0.25) is 10.0 Å². The zero-order valence-corrected chi connectivity index (χ0v) is 23.1. The summed E-state index contributed by atoms with van der Waals surface area (Å²) in [6.45, 7) is 1.46. The minimum atomic E-state index is -1.18. The van der Waals surface area contributed by atoms with Gasteiger partial charge in [-0.25, -0.2) is 9.78 Å². The Bertz CT molecular complexity index is 1780. The number of nitrogens with one attached hydrogen (secondary N) is 1. The highest BCUT2D eigenvalue weighted by atomic mass is 35.5. The van der Waals surface area contributed by atoms with Crippen LogP contribution in [-0.4, -0.2) is 27.5 Å². The second-order valence-corrected chi connectivity index (χ2v) is 10.4. The van der Waals surface area contributed by atoms with Crippen molar-refractivity contribution in [3.05, 3.63) is 104 Å². The van der Waals surface area contributed by atoms with Crippen molar-refractivity contribution in [3.8, 4) is 22.4 Å². The number of hydrogen-bond acceptors (Lipinski definition) is 6. The van der Waals surface area contributed by atoms with E-state index in [2.05, 4.69) is 10.3 Å². The predicted molar refractivity (Wildman–Crippen MR) is 156 cm³/mol. The molecule has 5 aromatic rings. The molecule has 0 bridgehead atoms. The second kappa shape index (κ2) is 11.0. The number of nitrogens with zero attached hydrogens (tertiary/aromatic N) is 2. The first-order valence-corrected chi connectivity index (χ1v) is 13.5. The van der Waals surface area contributed by atoms with Gasteiger partial charge in [0.2, 0.25) is 0 Å². The van der Waals surface area contributed by atoms with Crippen LogP contribution in [0.5, 0.6) is 0 Å². The number of esters is 1. The zero-order valence-electron chi connectivity index (χ0n) is 20.8. The molecular formula is C29H21Cl2N3O4S. The summed E-state index contributed by atoms with van der Waals surface area (Å²) in [6.07, 6.45) is -1.18. The molecule has 0 fully saturated rings. The Kier molecular flexibility index (Phi) is 7.52. The summed E-state index contributed by atoms with van der Waals surface area (Å²) in [6, 6.07) is 21.2. The van der Waals surface area contributed by atoms with E-state index in [1.807, 2.05) is 18.2 Å². The summed E-state index contributed by atoms with van der Waals surface area (Å²) in [5.74, 6) is -1.38. The summed E-state index contributed by atoms with van der Waals surface area (Å²) in [5, 5.41) is 6.89. The predicted octanol–water partition coefficient (Wildman–Crippen LogP) is 6.82. The van der Waals surface area contributed by atoms with Gasteiger partial charge in [-0.05, 0) is 42.1 Å². The van der Waals surface area contributed by atoms with E-state index >= 15 is 0 Å². The number of fused-ring (bicyclic) bond motifs is 1. The van der Waals surface area contributed by atoms with Gasteiger partial charge in [-0.2, -0.15) is 0 Å². The number of halogens is 2. The van der Waals surface area contributed by atoms with Gasteiger partial charge in [0, 0.05) is 39.0 Å². The van der Waals surface area contributed by atoms with Gasteiger partial charge in [0.25, 0.3) is 11.5 Å². The molecule has 0 saturated heterocycles. The van der Waals surface area contributed by atoms with Gasteiger partial charge >= 0.3 is 5.97 Å². The maximum atomic E-state index is 13.5. The van der Waals surface area contributed by atoms with E-state index in [1.165, 1.54) is 29.9 Å². The van der Waals surface area contributed by atoms with Crippen LogP contribution in [0, 0.1) is 0 Å². The molecule has 39 heavy (non-hydrogen) atoms. The number of rotatable bonds is 6. The van der Waals surface area contributed by atoms with Gasteiger partial charge in [-0.1, -0.05) is 71.7 Å². The normalized spacial score (nSPS) is 11.8. The molecule has 1 N–H and O–H groups in total. The van der Waals surface area contributed by atoms with E-state index in [0.717, 1.165) is 5.56 Å². The summed E-state index contributed by atoms with van der Waals surface area (Å²) in [4.78, 5) is 44.0. The Balaban J connectivity index is 1.43. The molecule has 0 spiro atoms. The zero-order chi connectivity index (χ0) is 27.7. The van der Waals surface area contributed by atoms with Crippen molar-refractivity contribution in [2.45, 2.75) is 13.0 Å². The van der Waals surface area contributed by atoms with Crippen LogP contribution in [0.3, 0.4) is 0 Å². The Morgan fingerprint density at radius 2 is 1.64 bits per heavy atom. The lowest BCUT2D eigenvalue weighted by Crippen LogP contribution is -2.32. The highest BCUT2D eigenvalue weighted by Crippen LogP contribution is 2.33. The van der Waals surface area contributed by atoms with Crippen LogP contribution < -0.4 is 10.9 Å². The summed E-state index contributed by atoms with van der Waals surface area (Å²) in [5.41, 5.74) is 2.20. The summed E-state index contributed by atoms with van der Waals surface area (Å²) >= 11 is 13.6. The number of thiazole rings is 1. The lowest BCUT2D eigenvalue weighted by molar-refractivity contribution is -0.123. The third-order valence-electron chi connectivity index (χ3n) is 6.17. The summed E-state index contributed by atoms with van der Waals surface area (Å²) < 4.78 is 6.82. The third-order valence-corrected chi connectivity index (χ3v) is 7.51. The van der Waals surface area contributed by atoms with Crippen LogP contribution in [0.15, 0.2) is 83.0 Å². The summed E-state index contributed by atoms with van der Waals surface area (Å²) in [7, 11) is 1.50. The molecule has 2 heterocycles. The van der Waals surface area contributed by atoms with Crippen molar-refractivity contribution in [2.75, 3.05) is 5.32 Å². The average Bonchev–Trinajstić information content (AvgIpc) is 3.39. The van der Waals surface area contributed by atoms with Crippen molar-refractivity contribution in [1.82, 2.24) is 9.55 Å². The highest BCUT2D eigenvalue weighted by Gasteiger charge is 2.27. The van der Waals surface area contributed by atoms with E-state index in [1.54, 1.807) is 60.0 Å². The lowest BCUT2D eigenvalue weighted by atomic mass is 9.96. The fourth-order valence-electron chi connectivity index (χ4n) is 4.21. The van der Waals surface area contributed by atoms with Crippen LogP contribution in [-0.2, 0) is 16.6 Å². The number of hydrogen-bond donors (Lipinski definition) is 1. The number of pyridine rings is 1. The molecule has 0 radical (unpaired) electrons. The van der Waals surface area contributed by atoms with Gasteiger partial charge in [0.15, 0.2) is 11.2 Å². The number of carbonyl (C=O) groups excluding carboxylic acids is 2. The Morgan fingerprint density at radius 1 is 0.974 bits per heavy atom. The second-order valence-electron chi connectivity index (χ2n) is 8.69. The topological polar surface area (TPSA) is 90.3 Å². The fourth-order valence-corrected chi connectivity index (χ4v) is 5.29. The molecule has 0 aliphatic carbocycles. The third kappa shape index (κ3) is 5.31. The molecule has 0 saturated carbocycles. The van der Waals surface area contributed by atoms with Crippen LogP contribution in [0.1, 0.15) is 17.4 Å². The van der Waals surface area contributed by atoms with E-state index < -0.39 is 18.0 Å². The quantitative estimate of drug-likeness (QED) is 0.223. The molecule has 5 rings (SSSR count). The number of ether oxygens (including phenoxy) is 1. The molecule has 196 valence electrons. The largest absolute Gasteiger partial charge is 0.448 e. The fraction of sp³-hybridized carbons (Fsp3) is 0.103. The Labute approximate surface area is 237 Å². The highest BCUT2D eigenvalue weighted by molar-refractivity contribution is 7.14. The van der Waals surface area contributed by atoms with Crippen LogP contribution in [0.4, 0.5) is 5.13 Å². The maximum Gasteiger partial charge on any atom is 0.356 e. The molecule has 7 nitrogen and oxygen atoms in total. The maximum absolute atomic E-state index is 13.5. The van der Waals surface area contributed by atoms with Gasteiger partial charge in [-0.15, -0.1) is 11.3 Å². The number of carbonyl (C=O) groups is 2. The SMILES string of the molecule is CC(OC(=O)c1c(-c2ccc(Cl)cc2)c2ccccc2c(=O)n1C)C(=O)Nc1nc(-c2ccccc2Cl)cs1. The van der Waals surface area contributed by atoms with Gasteiger partial charge in [0.05, 0.1) is 5.69 Å². The van der Waals surface area contributed by atoms with Gasteiger partial charge in [0.1, 0.15) is 5.69 Å². The number of aromatic nitrogens is 2. The molecule has 3 aromatic carbocycles. The van der Waals surface area contributed by atoms with Gasteiger partial charge < -0.3 is 9.30 Å². The first kappa shape index (κ1) is 26.6. The molecule has 10 heteroatoms. The molecule has 2 aromatic heterocycles. The monoisotopic (exact) mass is 577 g/mol. The minimum Gasteiger partial charge on any atom is -0.448 e. The van der Waals surface area contributed by atoms with E-state index in [9.17, 15) is 14.4 Å². The Morgan fingerprint density at radius 3 is 2.36 bits per heavy atom. The molecule has 1 amide bonds. The van der Waals surface area contributed by atoms with Crippen molar-refractivity contribution in [1.29, 1.82) is 0 Å². The Hall–Kier alpha value is -3.98. The molecule has 0 aliphatic heterocycles. The molecular weight excluding hydrogens is 557 g/mol. The molecule has 1 atom stereocenters. The first-order chi connectivity index (χ1) is 18.7. The van der Waals surface area contributed by atoms with E-state index in [4.69, 9.17) is 27.9 Å². The van der Waals surface area contributed by atoms with Crippen LogP contribution >= 0.6 is 34.5 Å². The smallest absolute Gasteiger partial charge is 0.356 e. The van der Waals surface area contributed by atoms with Crippen molar-refractivity contribution in [2.24, 2.45) is 7.05 Å². The lowest BCUT2D eigenvalue weighted by Gasteiger charge is -2.18. The van der Waals surface area contributed by atoms with E-state index in [0.29, 0.717) is 42.8 Å². The van der Waals surface area contributed by atoms with Crippen LogP contribution in [0.25, 0.3) is 33.2 Å². The molecule has 0 aliphatic rings. The minimum absolute atomic E-state index is 0.0240. The average molecular weight is 578 g/mol. The standard InChI is InChI=1S/C29H21Cl2N3O4S/c1-16(26(35)33-29-32-23(15-39-29)21-9-5-6-10-22(21)31)38-28(37)25-24(17-11-13-18(30)14-12-17)19-7-3-4-8-20(19)27(36)34(25)2/h3-16H,1-2H3,(H,32,33,35). The van der Waals surface area contributed by atoms with Crippen molar-refractivity contribution >= 4 is 62.3 Å². The number of anilines is 1. The van der Waals surface area contributed by atoms with Gasteiger partial charge in [-0.3, -0.25) is 14.9 Å². The van der Waals surface area contributed by atoms with Crippen molar-refractivity contribution in [3.63, 3.8) is 0 Å². The molecule has 1 unspecified atom stereocenters. The van der Waals surface area contributed by atoms with E-state index in [-0.39, 0.29) is 11.3 Å². The first-order valence-electron chi connectivity index (χ1n) is 11.8.